The number of urea groups is 1. The summed E-state index contributed by atoms with van der Waals surface area (Å²) < 4.78 is 0.869. The van der Waals surface area contributed by atoms with Crippen molar-refractivity contribution in [1.82, 2.24) is 15.3 Å². The van der Waals surface area contributed by atoms with Crippen LogP contribution in [0.3, 0.4) is 0 Å². The van der Waals surface area contributed by atoms with Crippen molar-refractivity contribution in [2.45, 2.75) is 37.8 Å². The molecule has 3 rings (SSSR count). The number of nitrogens with one attached hydrogen (secondary N) is 3. The molecule has 0 unspecified atom stereocenters. The van der Waals surface area contributed by atoms with Crippen LogP contribution in [0.25, 0.3) is 0 Å². The summed E-state index contributed by atoms with van der Waals surface area (Å²) >= 11 is 3.44. The van der Waals surface area contributed by atoms with Crippen molar-refractivity contribution in [2.75, 3.05) is 29.6 Å². The van der Waals surface area contributed by atoms with Crippen LogP contribution < -0.4 is 20.9 Å². The third kappa shape index (κ3) is 5.56. The van der Waals surface area contributed by atoms with Gasteiger partial charge in [0.1, 0.15) is 5.82 Å². The van der Waals surface area contributed by atoms with Gasteiger partial charge in [-0.1, -0.05) is 12.1 Å². The zero-order valence-corrected chi connectivity index (χ0v) is 17.2. The van der Waals surface area contributed by atoms with Gasteiger partial charge in [-0.3, -0.25) is 0 Å². The predicted octanol–water partition coefficient (Wildman–Crippen LogP) is 3.85. The summed E-state index contributed by atoms with van der Waals surface area (Å²) in [6.07, 6.45) is 5.55. The lowest BCUT2D eigenvalue weighted by atomic mass is 9.91. The fourth-order valence-electron chi connectivity index (χ4n) is 3.14. The Morgan fingerprint density at radius 1 is 1.11 bits per heavy atom. The zero-order chi connectivity index (χ0) is 19.2. The van der Waals surface area contributed by atoms with Crippen molar-refractivity contribution in [3.05, 3.63) is 41.0 Å². The molecule has 0 spiro atoms. The molecule has 1 aliphatic carbocycles. The first-order valence-electron chi connectivity index (χ1n) is 9.10. The van der Waals surface area contributed by atoms with Gasteiger partial charge in [0.15, 0.2) is 0 Å². The third-order valence-electron chi connectivity index (χ3n) is 4.62. The first kappa shape index (κ1) is 19.4. The van der Waals surface area contributed by atoms with Gasteiger partial charge in [-0.25, -0.2) is 9.78 Å². The van der Waals surface area contributed by atoms with Gasteiger partial charge in [0.25, 0.3) is 0 Å². The Balaban J connectivity index is 1.45. The molecule has 1 heterocycles. The molecule has 0 saturated heterocycles. The molecule has 7 nitrogen and oxygen atoms in total. The van der Waals surface area contributed by atoms with Gasteiger partial charge >= 0.3 is 6.03 Å². The number of anilines is 3. The molecular weight excluding hydrogens is 408 g/mol. The van der Waals surface area contributed by atoms with Crippen molar-refractivity contribution >= 4 is 39.4 Å². The number of nitrogens with zero attached hydrogens (tertiary/aromatic N) is 3. The van der Waals surface area contributed by atoms with Crippen LogP contribution in [0, 0.1) is 0 Å². The van der Waals surface area contributed by atoms with E-state index in [1.165, 1.54) is 0 Å². The molecule has 2 aromatic rings. The van der Waals surface area contributed by atoms with Gasteiger partial charge in [-0.15, -0.1) is 0 Å². The Kier molecular flexibility index (Phi) is 6.49. The highest BCUT2D eigenvalue weighted by atomic mass is 79.9. The summed E-state index contributed by atoms with van der Waals surface area (Å²) in [4.78, 5) is 23.0. The minimum Gasteiger partial charge on any atom is -0.363 e. The maximum Gasteiger partial charge on any atom is 0.319 e. The molecular formula is C19H25BrN6O. The molecule has 8 heteroatoms. The van der Waals surface area contributed by atoms with E-state index in [4.69, 9.17) is 0 Å². The Morgan fingerprint density at radius 2 is 1.81 bits per heavy atom. The van der Waals surface area contributed by atoms with Crippen molar-refractivity contribution in [2.24, 2.45) is 0 Å². The standard InChI is InChI=1S/C19H25BrN6O/c1-26(2)17-11-12-21-18(25-17)22-13-7-9-14(10-8-13)23-19(27)24-16-6-4-3-5-15(16)20/h3-6,11-14H,7-10H2,1-2H3,(H,21,22,25)(H2,23,24,27). The number of hydrogen-bond acceptors (Lipinski definition) is 5. The molecule has 1 aromatic carbocycles. The van der Waals surface area contributed by atoms with Gasteiger partial charge in [-0.2, -0.15) is 4.98 Å². The van der Waals surface area contributed by atoms with Gasteiger partial charge in [0.05, 0.1) is 5.69 Å². The summed E-state index contributed by atoms with van der Waals surface area (Å²) in [5.41, 5.74) is 0.767. The lowest BCUT2D eigenvalue weighted by Crippen LogP contribution is -2.42. The highest BCUT2D eigenvalue weighted by molar-refractivity contribution is 9.10. The maximum absolute atomic E-state index is 12.2. The van der Waals surface area contributed by atoms with Gasteiger partial charge in [-0.05, 0) is 59.8 Å². The second-order valence-corrected chi connectivity index (χ2v) is 7.76. The lowest BCUT2D eigenvalue weighted by molar-refractivity contribution is 0.243. The van der Waals surface area contributed by atoms with Gasteiger partial charge in [0.2, 0.25) is 5.95 Å². The van der Waals surface area contributed by atoms with E-state index in [-0.39, 0.29) is 12.1 Å². The minimum absolute atomic E-state index is 0.166. The molecule has 0 bridgehead atoms. The Morgan fingerprint density at radius 3 is 2.52 bits per heavy atom. The highest BCUT2D eigenvalue weighted by Crippen LogP contribution is 2.23. The highest BCUT2D eigenvalue weighted by Gasteiger charge is 2.23. The average Bonchev–Trinajstić information content (AvgIpc) is 2.65. The van der Waals surface area contributed by atoms with Crippen LogP contribution in [0.5, 0.6) is 0 Å². The van der Waals surface area contributed by atoms with Crippen molar-refractivity contribution in [3.63, 3.8) is 0 Å². The average molecular weight is 433 g/mol. The fraction of sp³-hybridized carbons (Fsp3) is 0.421. The molecule has 1 aromatic heterocycles. The number of amides is 2. The van der Waals surface area contributed by atoms with E-state index in [1.54, 1.807) is 6.20 Å². The molecule has 1 fully saturated rings. The second-order valence-electron chi connectivity index (χ2n) is 6.90. The molecule has 1 saturated carbocycles. The van der Waals surface area contributed by atoms with Crippen LogP contribution in [0.2, 0.25) is 0 Å². The first-order chi connectivity index (χ1) is 13.0. The van der Waals surface area contributed by atoms with Crippen molar-refractivity contribution in [3.8, 4) is 0 Å². The molecule has 27 heavy (non-hydrogen) atoms. The summed E-state index contributed by atoms with van der Waals surface area (Å²) in [5.74, 6) is 1.54. The van der Waals surface area contributed by atoms with E-state index in [0.717, 1.165) is 41.7 Å². The van der Waals surface area contributed by atoms with Crippen LogP contribution in [-0.4, -0.2) is 42.2 Å². The van der Waals surface area contributed by atoms with Gasteiger partial charge < -0.3 is 20.9 Å². The van der Waals surface area contributed by atoms with E-state index < -0.39 is 0 Å². The summed E-state index contributed by atoms with van der Waals surface area (Å²) in [6.45, 7) is 0. The number of para-hydroxylation sites is 1. The number of rotatable bonds is 5. The fourth-order valence-corrected chi connectivity index (χ4v) is 3.52. The monoisotopic (exact) mass is 432 g/mol. The number of hydrogen-bond donors (Lipinski definition) is 3. The Labute approximate surface area is 168 Å². The van der Waals surface area contributed by atoms with E-state index in [2.05, 4.69) is 41.8 Å². The number of benzene rings is 1. The molecule has 144 valence electrons. The first-order valence-corrected chi connectivity index (χ1v) is 9.89. The van der Waals surface area contributed by atoms with Crippen LogP contribution >= 0.6 is 15.9 Å². The van der Waals surface area contributed by atoms with E-state index in [0.29, 0.717) is 12.0 Å². The maximum atomic E-state index is 12.2. The molecule has 2 amide bonds. The van der Waals surface area contributed by atoms with E-state index in [9.17, 15) is 4.79 Å². The predicted molar refractivity (Wildman–Crippen MR) is 112 cm³/mol. The number of carbonyl (C=O) groups excluding carboxylic acids is 1. The van der Waals surface area contributed by atoms with Crippen LogP contribution in [0.15, 0.2) is 41.0 Å². The molecule has 0 radical (unpaired) electrons. The summed E-state index contributed by atoms with van der Waals surface area (Å²) in [7, 11) is 3.92. The summed E-state index contributed by atoms with van der Waals surface area (Å²) in [5, 5.41) is 9.37. The number of halogens is 1. The zero-order valence-electron chi connectivity index (χ0n) is 15.6. The third-order valence-corrected chi connectivity index (χ3v) is 5.31. The minimum atomic E-state index is -0.166. The summed E-state index contributed by atoms with van der Waals surface area (Å²) in [6, 6.07) is 9.80. The smallest absolute Gasteiger partial charge is 0.319 e. The molecule has 0 aliphatic heterocycles. The second kappa shape index (κ2) is 9.03. The normalized spacial score (nSPS) is 19.2. The quantitative estimate of drug-likeness (QED) is 0.668. The topological polar surface area (TPSA) is 82.2 Å². The van der Waals surface area contributed by atoms with Crippen LogP contribution in [0.4, 0.5) is 22.2 Å². The Bertz CT molecular complexity index is 776. The van der Waals surface area contributed by atoms with E-state index >= 15 is 0 Å². The molecule has 3 N–H and O–H groups in total. The van der Waals surface area contributed by atoms with Crippen LogP contribution in [-0.2, 0) is 0 Å². The van der Waals surface area contributed by atoms with Crippen LogP contribution in [0.1, 0.15) is 25.7 Å². The SMILES string of the molecule is CN(C)c1ccnc(NC2CCC(NC(=O)Nc3ccccc3Br)CC2)n1. The largest absolute Gasteiger partial charge is 0.363 e. The lowest BCUT2D eigenvalue weighted by Gasteiger charge is -2.29. The van der Waals surface area contributed by atoms with Gasteiger partial charge in [0, 0.05) is 36.8 Å². The molecule has 1 aliphatic rings. The molecule has 0 atom stereocenters. The number of carbonyl (C=O) groups is 1. The van der Waals surface area contributed by atoms with Crippen molar-refractivity contribution in [1.29, 1.82) is 0 Å². The van der Waals surface area contributed by atoms with E-state index in [1.807, 2.05) is 49.3 Å². The number of aromatic nitrogens is 2. The van der Waals surface area contributed by atoms with Crippen molar-refractivity contribution < 1.29 is 4.79 Å². The Hall–Kier alpha value is -2.35.